The predicted octanol–water partition coefficient (Wildman–Crippen LogP) is 1.95. The Morgan fingerprint density at radius 3 is 2.72 bits per heavy atom. The van der Waals surface area contributed by atoms with Crippen LogP contribution in [0.5, 0.6) is 0 Å². The van der Waals surface area contributed by atoms with Crippen molar-refractivity contribution < 1.29 is 0 Å². The van der Waals surface area contributed by atoms with E-state index in [1.807, 2.05) is 6.07 Å². The maximum absolute atomic E-state index is 4.10. The van der Waals surface area contributed by atoms with Crippen molar-refractivity contribution in [3.05, 3.63) is 35.2 Å². The van der Waals surface area contributed by atoms with Gasteiger partial charge in [0.25, 0.3) is 0 Å². The monoisotopic (exact) mass is 245 g/mol. The van der Waals surface area contributed by atoms with E-state index in [1.165, 1.54) is 11.1 Å². The fourth-order valence-corrected chi connectivity index (χ4v) is 1.90. The van der Waals surface area contributed by atoms with Crippen LogP contribution in [0.25, 0.3) is 5.69 Å². The van der Waals surface area contributed by atoms with Crippen LogP contribution < -0.4 is 5.32 Å². The van der Waals surface area contributed by atoms with Gasteiger partial charge in [0.05, 0.1) is 11.7 Å². The second-order valence-corrected chi connectivity index (χ2v) is 4.50. The van der Waals surface area contributed by atoms with Gasteiger partial charge in [-0.05, 0) is 61.0 Å². The third-order valence-electron chi connectivity index (χ3n) is 3.13. The average Bonchev–Trinajstić information content (AvgIpc) is 2.82. The van der Waals surface area contributed by atoms with Crippen LogP contribution in [-0.4, -0.2) is 26.8 Å². The SMILES string of the molecule is CCNC(C)c1nnnn1-c1ccc(C)c(C)c1. The van der Waals surface area contributed by atoms with E-state index in [9.17, 15) is 0 Å². The second kappa shape index (κ2) is 5.27. The van der Waals surface area contributed by atoms with Crippen LogP contribution in [0, 0.1) is 13.8 Å². The molecule has 0 spiro atoms. The van der Waals surface area contributed by atoms with E-state index >= 15 is 0 Å². The van der Waals surface area contributed by atoms with Gasteiger partial charge in [-0.25, -0.2) is 0 Å². The first-order valence-electron chi connectivity index (χ1n) is 6.22. The van der Waals surface area contributed by atoms with Gasteiger partial charge in [-0.1, -0.05) is 13.0 Å². The van der Waals surface area contributed by atoms with E-state index < -0.39 is 0 Å². The molecule has 0 saturated carbocycles. The van der Waals surface area contributed by atoms with E-state index in [0.29, 0.717) is 0 Å². The second-order valence-electron chi connectivity index (χ2n) is 4.50. The Hall–Kier alpha value is -1.75. The van der Waals surface area contributed by atoms with Crippen molar-refractivity contribution in [1.29, 1.82) is 0 Å². The Balaban J connectivity index is 2.39. The van der Waals surface area contributed by atoms with Gasteiger partial charge < -0.3 is 5.32 Å². The van der Waals surface area contributed by atoms with Crippen LogP contribution in [0.1, 0.15) is 36.8 Å². The molecule has 1 N–H and O–H groups in total. The third kappa shape index (κ3) is 2.41. The summed E-state index contributed by atoms with van der Waals surface area (Å²) >= 11 is 0. The highest BCUT2D eigenvalue weighted by molar-refractivity contribution is 5.39. The molecule has 0 saturated heterocycles. The number of benzene rings is 1. The molecule has 1 aromatic carbocycles. The minimum absolute atomic E-state index is 0.131. The topological polar surface area (TPSA) is 55.6 Å². The first-order valence-corrected chi connectivity index (χ1v) is 6.22. The molecule has 0 aliphatic carbocycles. The molecule has 96 valence electrons. The molecule has 2 rings (SSSR count). The zero-order valence-corrected chi connectivity index (χ0v) is 11.3. The first-order chi connectivity index (χ1) is 8.63. The van der Waals surface area contributed by atoms with Crippen molar-refractivity contribution in [2.24, 2.45) is 0 Å². The molecule has 0 aliphatic rings. The molecule has 0 radical (unpaired) electrons. The predicted molar refractivity (Wildman–Crippen MR) is 70.7 cm³/mol. The van der Waals surface area contributed by atoms with Crippen molar-refractivity contribution in [3.63, 3.8) is 0 Å². The molecule has 5 nitrogen and oxygen atoms in total. The molecule has 5 heteroatoms. The lowest BCUT2D eigenvalue weighted by molar-refractivity contribution is 0.550. The minimum atomic E-state index is 0.131. The van der Waals surface area contributed by atoms with Gasteiger partial charge in [0.1, 0.15) is 0 Å². The highest BCUT2D eigenvalue weighted by atomic mass is 15.5. The lowest BCUT2D eigenvalue weighted by Gasteiger charge is -2.12. The molecular weight excluding hydrogens is 226 g/mol. The average molecular weight is 245 g/mol. The quantitative estimate of drug-likeness (QED) is 0.894. The molecular formula is C13H19N5. The molecule has 1 heterocycles. The van der Waals surface area contributed by atoms with Crippen LogP contribution in [0.4, 0.5) is 0 Å². The van der Waals surface area contributed by atoms with Gasteiger partial charge in [-0.2, -0.15) is 4.68 Å². The first kappa shape index (κ1) is 12.7. The van der Waals surface area contributed by atoms with Crippen molar-refractivity contribution in [2.75, 3.05) is 6.54 Å². The fourth-order valence-electron chi connectivity index (χ4n) is 1.90. The van der Waals surface area contributed by atoms with Crippen LogP contribution >= 0.6 is 0 Å². The molecule has 1 atom stereocenters. The van der Waals surface area contributed by atoms with Crippen molar-refractivity contribution in [3.8, 4) is 5.69 Å². The summed E-state index contributed by atoms with van der Waals surface area (Å²) < 4.78 is 1.79. The number of nitrogens with one attached hydrogen (secondary N) is 1. The van der Waals surface area contributed by atoms with Gasteiger partial charge in [0.2, 0.25) is 0 Å². The number of hydrogen-bond acceptors (Lipinski definition) is 4. The summed E-state index contributed by atoms with van der Waals surface area (Å²) in [6.45, 7) is 9.21. The lowest BCUT2D eigenvalue weighted by Crippen LogP contribution is -2.21. The Morgan fingerprint density at radius 1 is 1.28 bits per heavy atom. The minimum Gasteiger partial charge on any atom is -0.308 e. The molecule has 0 aliphatic heterocycles. The zero-order valence-electron chi connectivity index (χ0n) is 11.3. The number of aryl methyl sites for hydroxylation is 2. The van der Waals surface area contributed by atoms with E-state index in [2.05, 4.69) is 60.7 Å². The molecule has 0 amide bonds. The van der Waals surface area contributed by atoms with E-state index in [0.717, 1.165) is 18.1 Å². The molecule has 1 unspecified atom stereocenters. The van der Waals surface area contributed by atoms with Crippen LogP contribution in [0.3, 0.4) is 0 Å². The van der Waals surface area contributed by atoms with Gasteiger partial charge >= 0.3 is 0 Å². The van der Waals surface area contributed by atoms with Gasteiger partial charge in [0, 0.05) is 0 Å². The summed E-state index contributed by atoms with van der Waals surface area (Å²) in [5.41, 5.74) is 3.51. The Bertz CT molecular complexity index is 532. The van der Waals surface area contributed by atoms with Gasteiger partial charge in [-0.3, -0.25) is 0 Å². The van der Waals surface area contributed by atoms with E-state index in [4.69, 9.17) is 0 Å². The lowest BCUT2D eigenvalue weighted by atomic mass is 10.1. The molecule has 0 fully saturated rings. The number of nitrogens with zero attached hydrogens (tertiary/aromatic N) is 4. The zero-order chi connectivity index (χ0) is 13.1. The summed E-state index contributed by atoms with van der Waals surface area (Å²) in [5.74, 6) is 0.833. The molecule has 0 bridgehead atoms. The highest BCUT2D eigenvalue weighted by Gasteiger charge is 2.14. The number of aromatic nitrogens is 4. The fraction of sp³-hybridized carbons (Fsp3) is 0.462. The van der Waals surface area contributed by atoms with Crippen LogP contribution in [-0.2, 0) is 0 Å². The Labute approximate surface area is 107 Å². The van der Waals surface area contributed by atoms with E-state index in [1.54, 1.807) is 4.68 Å². The van der Waals surface area contributed by atoms with Crippen molar-refractivity contribution in [2.45, 2.75) is 33.7 Å². The highest BCUT2D eigenvalue weighted by Crippen LogP contribution is 2.16. The smallest absolute Gasteiger partial charge is 0.173 e. The summed E-state index contributed by atoms with van der Waals surface area (Å²) in [5, 5.41) is 15.3. The normalized spacial score (nSPS) is 12.7. The van der Waals surface area contributed by atoms with Crippen LogP contribution in [0.15, 0.2) is 18.2 Å². The number of tetrazole rings is 1. The Morgan fingerprint density at radius 2 is 2.06 bits per heavy atom. The van der Waals surface area contributed by atoms with E-state index in [-0.39, 0.29) is 6.04 Å². The third-order valence-corrected chi connectivity index (χ3v) is 3.13. The molecule has 18 heavy (non-hydrogen) atoms. The summed E-state index contributed by atoms with van der Waals surface area (Å²) in [6.07, 6.45) is 0. The Kier molecular flexibility index (Phi) is 3.72. The van der Waals surface area contributed by atoms with Crippen molar-refractivity contribution >= 4 is 0 Å². The van der Waals surface area contributed by atoms with Crippen LogP contribution in [0.2, 0.25) is 0 Å². The molecule has 2 aromatic rings. The molecule has 1 aromatic heterocycles. The van der Waals surface area contributed by atoms with Crippen molar-refractivity contribution in [1.82, 2.24) is 25.5 Å². The maximum atomic E-state index is 4.10. The number of hydrogen-bond donors (Lipinski definition) is 1. The summed E-state index contributed by atoms with van der Waals surface area (Å²) in [6, 6.07) is 6.37. The standard InChI is InChI=1S/C13H19N5/c1-5-14-11(4)13-15-16-17-18(13)12-7-6-9(2)10(3)8-12/h6-8,11,14H,5H2,1-4H3. The number of rotatable bonds is 4. The van der Waals surface area contributed by atoms with Gasteiger partial charge in [-0.15, -0.1) is 5.10 Å². The summed E-state index contributed by atoms with van der Waals surface area (Å²) in [7, 11) is 0. The maximum Gasteiger partial charge on any atom is 0.173 e. The largest absolute Gasteiger partial charge is 0.308 e. The summed E-state index contributed by atoms with van der Waals surface area (Å²) in [4.78, 5) is 0. The van der Waals surface area contributed by atoms with Gasteiger partial charge in [0.15, 0.2) is 5.82 Å².